The van der Waals surface area contributed by atoms with Gasteiger partial charge in [-0.25, -0.2) is 0 Å². The van der Waals surface area contributed by atoms with Gasteiger partial charge < -0.3 is 24.0 Å². The van der Waals surface area contributed by atoms with Crippen molar-refractivity contribution < 1.29 is 51.6 Å². The average molecular weight is 1030 g/mol. The summed E-state index contributed by atoms with van der Waals surface area (Å²) in [5.74, 6) is 2.82. The van der Waals surface area contributed by atoms with Gasteiger partial charge in [0.1, 0.15) is 0 Å². The Bertz CT molecular complexity index is 2290. The first-order chi connectivity index (χ1) is 23.9. The van der Waals surface area contributed by atoms with E-state index in [4.69, 9.17) is 9.47 Å². The molecule has 8 aromatic rings. The molecule has 0 amide bonds. The Morgan fingerprint density at radius 3 is 1.41 bits per heavy atom. The molecule has 8 rings (SSSR count). The minimum absolute atomic E-state index is 0. The van der Waals surface area contributed by atoms with Gasteiger partial charge in [-0.2, -0.15) is 22.9 Å². The van der Waals surface area contributed by atoms with Crippen LogP contribution in [0.3, 0.4) is 0 Å². The number of ether oxygens (including phenoxy) is 2. The SMILES string of the molecule is CC(C)(C)c1nnc(-n2c3[c-]c(Oc4[c-]c(-c5ccccn5)ccc4)ccc3c3ccc(Oc4[c-]c(-c5ccccn5)ccc4)[c-]c32)nn1.[Pt+2].[Pt+2]. The van der Waals surface area contributed by atoms with Gasteiger partial charge in [-0.05, 0) is 23.5 Å². The summed E-state index contributed by atoms with van der Waals surface area (Å²) < 4.78 is 14.4. The van der Waals surface area contributed by atoms with E-state index in [2.05, 4.69) is 54.6 Å². The molecule has 4 aromatic carbocycles. The molecule has 0 spiro atoms. The molecule has 0 unspecified atom stereocenters. The van der Waals surface area contributed by atoms with Crippen LogP contribution in [0, 0.1) is 24.3 Å². The van der Waals surface area contributed by atoms with Crippen molar-refractivity contribution in [3.05, 3.63) is 140 Å². The number of hydrogen-bond donors (Lipinski definition) is 0. The molecule has 4 heterocycles. The largest absolute Gasteiger partial charge is 2.00 e. The monoisotopic (exact) mass is 1030 g/mol. The van der Waals surface area contributed by atoms with E-state index in [9.17, 15) is 0 Å². The van der Waals surface area contributed by atoms with Gasteiger partial charge in [0.05, 0.1) is 0 Å². The maximum atomic E-state index is 6.28. The summed E-state index contributed by atoms with van der Waals surface area (Å²) in [4.78, 5) is 8.88. The summed E-state index contributed by atoms with van der Waals surface area (Å²) in [6.07, 6.45) is 3.50. The topological polar surface area (TPSA) is 101 Å². The predicted molar refractivity (Wildman–Crippen MR) is 185 cm³/mol. The van der Waals surface area contributed by atoms with Crippen LogP contribution in [-0.4, -0.2) is 34.9 Å². The fourth-order valence-corrected chi connectivity index (χ4v) is 5.35. The summed E-state index contributed by atoms with van der Waals surface area (Å²) in [5, 5.41) is 19.6. The summed E-state index contributed by atoms with van der Waals surface area (Å²) >= 11 is 0. The van der Waals surface area contributed by atoms with Crippen molar-refractivity contribution in [2.45, 2.75) is 26.2 Å². The third-order valence-corrected chi connectivity index (χ3v) is 7.73. The van der Waals surface area contributed by atoms with E-state index in [-0.39, 0.29) is 53.5 Å². The van der Waals surface area contributed by atoms with Crippen molar-refractivity contribution in [2.75, 3.05) is 0 Å². The molecular weight excluding hydrogens is 1000 g/mol. The predicted octanol–water partition coefficient (Wildman–Crippen LogP) is 8.57. The summed E-state index contributed by atoms with van der Waals surface area (Å²) in [6, 6.07) is 44.1. The van der Waals surface area contributed by atoms with Crippen LogP contribution in [0.1, 0.15) is 26.6 Å². The Morgan fingerprint density at radius 1 is 0.510 bits per heavy atom. The molecule has 0 aliphatic heterocycles. The zero-order valence-corrected chi connectivity index (χ0v) is 32.0. The fraction of sp³-hybridized carbons (Fsp3) is 0.100. The molecule has 51 heavy (non-hydrogen) atoms. The van der Waals surface area contributed by atoms with Gasteiger partial charge >= 0.3 is 42.1 Å². The van der Waals surface area contributed by atoms with Crippen molar-refractivity contribution in [1.29, 1.82) is 0 Å². The molecular formula is C40H27N7O2Pt2. The summed E-state index contributed by atoms with van der Waals surface area (Å²) in [6.45, 7) is 6.04. The molecule has 4 aromatic heterocycles. The van der Waals surface area contributed by atoms with Crippen LogP contribution in [0.25, 0.3) is 50.3 Å². The molecule has 0 N–H and O–H groups in total. The Morgan fingerprint density at radius 2 is 0.980 bits per heavy atom. The Balaban J connectivity index is 0.00000224. The molecule has 0 atom stereocenters. The molecule has 11 heteroatoms. The molecule has 0 fully saturated rings. The zero-order chi connectivity index (χ0) is 33.4. The Labute approximate surface area is 323 Å². The molecule has 254 valence electrons. The van der Waals surface area contributed by atoms with E-state index in [1.54, 1.807) is 12.4 Å². The van der Waals surface area contributed by atoms with Crippen LogP contribution in [0.2, 0.25) is 0 Å². The second-order valence-electron chi connectivity index (χ2n) is 12.3. The third-order valence-electron chi connectivity index (χ3n) is 7.73. The van der Waals surface area contributed by atoms with Crippen molar-refractivity contribution in [3.63, 3.8) is 0 Å². The fourth-order valence-electron chi connectivity index (χ4n) is 5.35. The maximum absolute atomic E-state index is 6.28. The first-order valence-electron chi connectivity index (χ1n) is 15.6. The van der Waals surface area contributed by atoms with E-state index >= 15 is 0 Å². The molecule has 0 radical (unpaired) electrons. The minimum Gasteiger partial charge on any atom is -0.503 e. The van der Waals surface area contributed by atoms with E-state index in [1.165, 1.54) is 0 Å². The van der Waals surface area contributed by atoms with E-state index in [0.29, 0.717) is 39.9 Å². The van der Waals surface area contributed by atoms with E-state index in [1.807, 2.05) is 122 Å². The van der Waals surface area contributed by atoms with Crippen molar-refractivity contribution >= 4 is 21.8 Å². The van der Waals surface area contributed by atoms with Crippen LogP contribution in [-0.2, 0) is 47.5 Å². The number of benzene rings is 4. The van der Waals surface area contributed by atoms with Gasteiger partial charge in [0, 0.05) is 40.8 Å². The quantitative estimate of drug-likeness (QED) is 0.147. The van der Waals surface area contributed by atoms with Gasteiger partial charge in [0.15, 0.2) is 5.82 Å². The van der Waals surface area contributed by atoms with Crippen LogP contribution in [0.4, 0.5) is 0 Å². The number of pyridine rings is 2. The number of rotatable bonds is 7. The average Bonchev–Trinajstić information content (AvgIpc) is 3.45. The molecule has 0 aliphatic carbocycles. The second-order valence-corrected chi connectivity index (χ2v) is 12.3. The molecule has 0 bridgehead atoms. The van der Waals surface area contributed by atoms with Crippen molar-refractivity contribution in [1.82, 2.24) is 34.9 Å². The first-order valence-corrected chi connectivity index (χ1v) is 15.6. The number of aromatic nitrogens is 7. The molecule has 0 aliphatic rings. The van der Waals surface area contributed by atoms with Gasteiger partial charge in [-0.1, -0.05) is 68.2 Å². The van der Waals surface area contributed by atoms with Gasteiger partial charge in [-0.15, -0.1) is 92.2 Å². The Kier molecular flexibility index (Phi) is 10.5. The Hall–Kier alpha value is -5.10. The number of nitrogens with zero attached hydrogens (tertiary/aromatic N) is 7. The second kappa shape index (κ2) is 15.0. The number of hydrogen-bond acceptors (Lipinski definition) is 8. The van der Waals surface area contributed by atoms with Gasteiger partial charge in [0.2, 0.25) is 0 Å². The normalized spacial score (nSPS) is 11.1. The van der Waals surface area contributed by atoms with Crippen LogP contribution in [0.5, 0.6) is 23.0 Å². The zero-order valence-electron chi connectivity index (χ0n) is 27.5. The van der Waals surface area contributed by atoms with E-state index < -0.39 is 0 Å². The standard InChI is InChI=1S/C40H27N7O2.2Pt/c1-40(2,3)38-43-45-39(46-44-38)47-36-24-30(48-28-12-8-10-26(22-28)34-14-4-6-20-41-34)16-18-32(36)33-19-17-31(25-37(33)47)49-29-13-9-11-27(23-29)35-15-5-7-21-42-35;;/h4-21H,1-3H3;;/q-4;2*+2. The van der Waals surface area contributed by atoms with Crippen LogP contribution >= 0.6 is 0 Å². The maximum Gasteiger partial charge on any atom is 2.00 e. The molecule has 0 saturated carbocycles. The first kappa shape index (κ1) is 35.7. The van der Waals surface area contributed by atoms with Gasteiger partial charge in [-0.3, -0.25) is 0 Å². The smallest absolute Gasteiger partial charge is 0.503 e. The van der Waals surface area contributed by atoms with E-state index in [0.717, 1.165) is 33.3 Å². The molecule has 9 nitrogen and oxygen atoms in total. The summed E-state index contributed by atoms with van der Waals surface area (Å²) in [5.41, 5.74) is 4.26. The van der Waals surface area contributed by atoms with Gasteiger partial charge in [0.25, 0.3) is 5.95 Å². The third kappa shape index (κ3) is 7.51. The van der Waals surface area contributed by atoms with Crippen LogP contribution < -0.4 is 9.47 Å². The summed E-state index contributed by atoms with van der Waals surface area (Å²) in [7, 11) is 0. The van der Waals surface area contributed by atoms with Crippen molar-refractivity contribution in [3.8, 4) is 51.5 Å². The van der Waals surface area contributed by atoms with Crippen LogP contribution in [0.15, 0.2) is 109 Å². The molecule has 0 saturated heterocycles. The van der Waals surface area contributed by atoms with Crippen molar-refractivity contribution in [2.24, 2.45) is 0 Å². The minimum atomic E-state index is -0.319. The number of fused-ring (bicyclic) bond motifs is 3.